The Morgan fingerprint density at radius 1 is 1.38 bits per heavy atom. The second-order valence-corrected chi connectivity index (χ2v) is 4.47. The molecule has 0 saturated carbocycles. The van der Waals surface area contributed by atoms with Gasteiger partial charge in [-0.1, -0.05) is 15.9 Å². The fourth-order valence-electron chi connectivity index (χ4n) is 1.36. The lowest BCUT2D eigenvalue weighted by atomic mass is 10.1. The number of halogens is 1. The van der Waals surface area contributed by atoms with Crippen LogP contribution in [0.4, 0.5) is 0 Å². The Labute approximate surface area is 105 Å². The van der Waals surface area contributed by atoms with Gasteiger partial charge in [0.1, 0.15) is 5.75 Å². The van der Waals surface area contributed by atoms with Gasteiger partial charge in [-0.05, 0) is 25.1 Å². The highest BCUT2D eigenvalue weighted by molar-refractivity contribution is 9.10. The standard InChI is InChI=1S/C12H17BrO3/c1-9(14)11-8-10(13)4-5-12(11)16-7-3-6-15-2/h4-5,8-9,14H,3,6-7H2,1-2H3/t9-/m0/s1. The quantitative estimate of drug-likeness (QED) is 0.818. The SMILES string of the molecule is COCCCOc1ccc(Br)cc1[C@H](C)O. The molecule has 0 saturated heterocycles. The van der Waals surface area contributed by atoms with Crippen LogP contribution in [0.25, 0.3) is 0 Å². The van der Waals surface area contributed by atoms with Crippen LogP contribution in [0.1, 0.15) is 25.0 Å². The van der Waals surface area contributed by atoms with Gasteiger partial charge in [-0.3, -0.25) is 0 Å². The van der Waals surface area contributed by atoms with Crippen molar-refractivity contribution in [2.24, 2.45) is 0 Å². The van der Waals surface area contributed by atoms with Crippen molar-refractivity contribution in [3.05, 3.63) is 28.2 Å². The lowest BCUT2D eigenvalue weighted by Crippen LogP contribution is -2.04. The zero-order valence-electron chi connectivity index (χ0n) is 9.57. The van der Waals surface area contributed by atoms with Gasteiger partial charge in [-0.2, -0.15) is 0 Å². The summed E-state index contributed by atoms with van der Waals surface area (Å²) in [6.07, 6.45) is 0.307. The van der Waals surface area contributed by atoms with Crippen molar-refractivity contribution < 1.29 is 14.6 Å². The first-order valence-corrected chi connectivity index (χ1v) is 6.03. The van der Waals surface area contributed by atoms with E-state index in [0.717, 1.165) is 22.2 Å². The van der Waals surface area contributed by atoms with Gasteiger partial charge >= 0.3 is 0 Å². The summed E-state index contributed by atoms with van der Waals surface area (Å²) in [5, 5.41) is 9.61. The van der Waals surface area contributed by atoms with Gasteiger partial charge in [0.15, 0.2) is 0 Å². The molecule has 0 fully saturated rings. The fourth-order valence-corrected chi connectivity index (χ4v) is 1.74. The molecule has 1 N–H and O–H groups in total. The minimum Gasteiger partial charge on any atom is -0.493 e. The smallest absolute Gasteiger partial charge is 0.125 e. The highest BCUT2D eigenvalue weighted by Gasteiger charge is 2.09. The Morgan fingerprint density at radius 2 is 2.12 bits per heavy atom. The van der Waals surface area contributed by atoms with Gasteiger partial charge in [0.25, 0.3) is 0 Å². The first-order valence-electron chi connectivity index (χ1n) is 5.24. The van der Waals surface area contributed by atoms with Gasteiger partial charge in [0.2, 0.25) is 0 Å². The van der Waals surface area contributed by atoms with Crippen LogP contribution in [0, 0.1) is 0 Å². The van der Waals surface area contributed by atoms with Crippen molar-refractivity contribution in [2.45, 2.75) is 19.4 Å². The number of rotatable bonds is 6. The zero-order chi connectivity index (χ0) is 12.0. The predicted octanol–water partition coefficient (Wildman–Crippen LogP) is 2.92. The number of hydrogen-bond donors (Lipinski definition) is 1. The van der Waals surface area contributed by atoms with E-state index in [0.29, 0.717) is 13.2 Å². The molecule has 1 aromatic rings. The molecule has 0 radical (unpaired) electrons. The Kier molecular flexibility index (Phi) is 5.80. The minimum atomic E-state index is -0.532. The van der Waals surface area contributed by atoms with E-state index in [-0.39, 0.29) is 0 Å². The number of ether oxygens (including phenoxy) is 2. The van der Waals surface area contributed by atoms with Crippen LogP contribution in [-0.4, -0.2) is 25.4 Å². The molecular formula is C12H17BrO3. The molecule has 0 aliphatic heterocycles. The van der Waals surface area contributed by atoms with Crippen LogP contribution in [-0.2, 0) is 4.74 Å². The maximum absolute atomic E-state index is 9.61. The summed E-state index contributed by atoms with van der Waals surface area (Å²) in [5.41, 5.74) is 0.798. The van der Waals surface area contributed by atoms with E-state index in [1.54, 1.807) is 14.0 Å². The number of methoxy groups -OCH3 is 1. The van der Waals surface area contributed by atoms with Crippen LogP contribution >= 0.6 is 15.9 Å². The molecule has 0 heterocycles. The van der Waals surface area contributed by atoms with Crippen LogP contribution < -0.4 is 4.74 Å². The molecule has 1 aromatic carbocycles. The van der Waals surface area contributed by atoms with Gasteiger partial charge < -0.3 is 14.6 Å². The van der Waals surface area contributed by atoms with Gasteiger partial charge in [-0.25, -0.2) is 0 Å². The molecule has 0 bridgehead atoms. The second kappa shape index (κ2) is 6.89. The second-order valence-electron chi connectivity index (χ2n) is 3.55. The van der Waals surface area contributed by atoms with E-state index in [4.69, 9.17) is 9.47 Å². The van der Waals surface area contributed by atoms with E-state index in [2.05, 4.69) is 15.9 Å². The first-order chi connectivity index (χ1) is 7.65. The third kappa shape index (κ3) is 4.12. The highest BCUT2D eigenvalue weighted by Crippen LogP contribution is 2.28. The molecule has 1 atom stereocenters. The Bertz CT molecular complexity index is 326. The summed E-state index contributed by atoms with van der Waals surface area (Å²) in [4.78, 5) is 0. The van der Waals surface area contributed by atoms with E-state index in [1.165, 1.54) is 0 Å². The molecule has 0 spiro atoms. The third-order valence-electron chi connectivity index (χ3n) is 2.17. The molecular weight excluding hydrogens is 272 g/mol. The van der Waals surface area contributed by atoms with Crippen LogP contribution in [0.3, 0.4) is 0 Å². The largest absolute Gasteiger partial charge is 0.493 e. The molecule has 0 amide bonds. The molecule has 0 aliphatic rings. The molecule has 3 nitrogen and oxygen atoms in total. The van der Waals surface area contributed by atoms with Crippen molar-refractivity contribution >= 4 is 15.9 Å². The van der Waals surface area contributed by atoms with Crippen molar-refractivity contribution in [3.8, 4) is 5.75 Å². The third-order valence-corrected chi connectivity index (χ3v) is 2.67. The Balaban J connectivity index is 2.64. The van der Waals surface area contributed by atoms with Gasteiger partial charge in [0.05, 0.1) is 12.7 Å². The molecule has 0 unspecified atom stereocenters. The molecule has 0 aromatic heterocycles. The van der Waals surface area contributed by atoms with Crippen LogP contribution in [0.2, 0.25) is 0 Å². The predicted molar refractivity (Wildman–Crippen MR) is 66.8 cm³/mol. The van der Waals surface area contributed by atoms with Crippen molar-refractivity contribution in [3.63, 3.8) is 0 Å². The topological polar surface area (TPSA) is 38.7 Å². The van der Waals surface area contributed by atoms with Crippen molar-refractivity contribution in [1.29, 1.82) is 0 Å². The number of aliphatic hydroxyl groups is 1. The van der Waals surface area contributed by atoms with Crippen LogP contribution in [0.5, 0.6) is 5.75 Å². The van der Waals surface area contributed by atoms with Crippen molar-refractivity contribution in [1.82, 2.24) is 0 Å². The molecule has 90 valence electrons. The van der Waals surface area contributed by atoms with Gasteiger partial charge in [0, 0.05) is 30.2 Å². The number of hydrogen-bond acceptors (Lipinski definition) is 3. The van der Waals surface area contributed by atoms with E-state index < -0.39 is 6.10 Å². The minimum absolute atomic E-state index is 0.532. The molecule has 4 heteroatoms. The summed E-state index contributed by atoms with van der Waals surface area (Å²) < 4.78 is 11.5. The summed E-state index contributed by atoms with van der Waals surface area (Å²) in [6, 6.07) is 5.63. The summed E-state index contributed by atoms with van der Waals surface area (Å²) in [7, 11) is 1.67. The monoisotopic (exact) mass is 288 g/mol. The number of benzene rings is 1. The maximum atomic E-state index is 9.61. The average Bonchev–Trinajstić information content (AvgIpc) is 2.26. The van der Waals surface area contributed by atoms with Crippen LogP contribution in [0.15, 0.2) is 22.7 Å². The Hall–Kier alpha value is -0.580. The van der Waals surface area contributed by atoms with E-state index >= 15 is 0 Å². The van der Waals surface area contributed by atoms with E-state index in [1.807, 2.05) is 18.2 Å². The van der Waals surface area contributed by atoms with Gasteiger partial charge in [-0.15, -0.1) is 0 Å². The highest BCUT2D eigenvalue weighted by atomic mass is 79.9. The molecule has 0 aliphatic carbocycles. The summed E-state index contributed by atoms with van der Waals surface area (Å²) in [5.74, 6) is 0.731. The fraction of sp³-hybridized carbons (Fsp3) is 0.500. The lowest BCUT2D eigenvalue weighted by Gasteiger charge is -2.13. The molecule has 1 rings (SSSR count). The normalized spacial score (nSPS) is 12.5. The van der Waals surface area contributed by atoms with Crippen molar-refractivity contribution in [2.75, 3.05) is 20.3 Å². The lowest BCUT2D eigenvalue weighted by molar-refractivity contribution is 0.166. The summed E-state index contributed by atoms with van der Waals surface area (Å²) >= 11 is 3.37. The zero-order valence-corrected chi connectivity index (χ0v) is 11.2. The first kappa shape index (κ1) is 13.5. The Morgan fingerprint density at radius 3 is 2.75 bits per heavy atom. The summed E-state index contributed by atoms with van der Waals surface area (Å²) in [6.45, 7) is 3.00. The maximum Gasteiger partial charge on any atom is 0.125 e. The average molecular weight is 289 g/mol. The molecule has 16 heavy (non-hydrogen) atoms. The number of aliphatic hydroxyl groups excluding tert-OH is 1. The van der Waals surface area contributed by atoms with E-state index in [9.17, 15) is 5.11 Å².